The molecule has 6 N–H and O–H groups in total. The minimum atomic E-state index is -1.83. The van der Waals surface area contributed by atoms with E-state index in [1.807, 2.05) is 12.1 Å². The van der Waals surface area contributed by atoms with Gasteiger partial charge in [0, 0.05) is 0 Å². The zero-order valence-electron chi connectivity index (χ0n) is 12.2. The number of hydrogen-bond acceptors (Lipinski definition) is 3. The molecule has 0 unspecified atom stereocenters. The van der Waals surface area contributed by atoms with E-state index < -0.39 is 18.5 Å². The molecule has 2 rings (SSSR count). The molecule has 0 bridgehead atoms. The van der Waals surface area contributed by atoms with Crippen molar-refractivity contribution in [2.45, 2.75) is 0 Å². The smallest absolute Gasteiger partial charge is 0.450 e. The molecule has 9 heteroatoms. The van der Waals surface area contributed by atoms with Gasteiger partial charge in [0.05, 0.1) is 0 Å². The molecule has 0 saturated carbocycles. The fourth-order valence-electron chi connectivity index (χ4n) is 1.26. The highest BCUT2D eigenvalue weighted by atomic mass is 16.6. The summed E-state index contributed by atoms with van der Waals surface area (Å²) in [4.78, 5) is 25.7. The molecule has 24 heavy (non-hydrogen) atoms. The van der Waals surface area contributed by atoms with Crippen LogP contribution in [0.2, 0.25) is 0 Å². The van der Waals surface area contributed by atoms with Gasteiger partial charge in [-0.1, -0.05) is 60.7 Å². The summed E-state index contributed by atoms with van der Waals surface area (Å²) in [6.45, 7) is 0. The van der Waals surface area contributed by atoms with E-state index in [2.05, 4.69) is 48.5 Å². The maximum Gasteiger partial charge on any atom is 0.503 e. The summed E-state index contributed by atoms with van der Waals surface area (Å²) in [5.74, 6) is 0. The first kappa shape index (κ1) is 22.5. The van der Waals surface area contributed by atoms with E-state index in [1.165, 1.54) is 11.1 Å². The van der Waals surface area contributed by atoms with Gasteiger partial charge in [0.15, 0.2) is 0 Å². The predicted octanol–water partition coefficient (Wildman–Crippen LogP) is 4.02. The van der Waals surface area contributed by atoms with Crippen LogP contribution in [0.25, 0.3) is 11.1 Å². The Balaban J connectivity index is 0. The molecule has 0 heterocycles. The topological polar surface area (TPSA) is 173 Å². The third-order valence-electron chi connectivity index (χ3n) is 1.88. The summed E-state index contributed by atoms with van der Waals surface area (Å²) in [6, 6.07) is 20.8. The van der Waals surface area contributed by atoms with Crippen molar-refractivity contribution in [1.29, 1.82) is 0 Å². The van der Waals surface area contributed by atoms with Crippen molar-refractivity contribution in [3.8, 4) is 11.1 Å². The minimum Gasteiger partial charge on any atom is -0.450 e. The van der Waals surface area contributed by atoms with Crippen molar-refractivity contribution in [2.24, 2.45) is 0 Å². The highest BCUT2D eigenvalue weighted by Crippen LogP contribution is 2.17. The molecule has 0 aliphatic rings. The first-order valence-corrected chi connectivity index (χ1v) is 6.03. The Morgan fingerprint density at radius 3 is 0.792 bits per heavy atom. The van der Waals surface area contributed by atoms with Crippen LogP contribution in [0.5, 0.6) is 0 Å². The van der Waals surface area contributed by atoms with Crippen LogP contribution < -0.4 is 0 Å². The summed E-state index contributed by atoms with van der Waals surface area (Å²) in [6.07, 6.45) is -5.50. The highest BCUT2D eigenvalue weighted by Gasteiger charge is 1.91. The van der Waals surface area contributed by atoms with Gasteiger partial charge in [0.25, 0.3) is 0 Å². The van der Waals surface area contributed by atoms with E-state index in [0.29, 0.717) is 0 Å². The van der Waals surface area contributed by atoms with Crippen LogP contribution in [0.4, 0.5) is 14.4 Å². The third kappa shape index (κ3) is 20.6. The van der Waals surface area contributed by atoms with E-state index in [-0.39, 0.29) is 0 Å². The lowest BCUT2D eigenvalue weighted by atomic mass is 10.1. The van der Waals surface area contributed by atoms with Crippen molar-refractivity contribution >= 4 is 18.5 Å². The number of carbonyl (C=O) groups is 3. The van der Waals surface area contributed by atoms with Gasteiger partial charge in [0.1, 0.15) is 0 Å². The number of hydrogen-bond donors (Lipinski definition) is 6. The van der Waals surface area contributed by atoms with Gasteiger partial charge in [-0.3, -0.25) is 0 Å². The normalized spacial score (nSPS) is 7.83. The SMILES string of the molecule is O=C(O)O.O=C(O)O.O=C(O)O.c1ccc(-c2ccccc2)cc1. The van der Waals surface area contributed by atoms with Crippen LogP contribution in [0.1, 0.15) is 0 Å². The molecule has 0 aromatic heterocycles. The molecule has 0 amide bonds. The van der Waals surface area contributed by atoms with Crippen LogP contribution in [-0.4, -0.2) is 49.1 Å². The van der Waals surface area contributed by atoms with Gasteiger partial charge in [-0.05, 0) is 11.1 Å². The standard InChI is InChI=1S/C12H10.3CH2O3/c1-3-7-11(8-4-1)12-9-5-2-6-10-12;3*2-1(3)4/h1-10H;3*(H2,2,3,4). The van der Waals surface area contributed by atoms with Crippen molar-refractivity contribution in [3.63, 3.8) is 0 Å². The summed E-state index contributed by atoms with van der Waals surface area (Å²) in [5, 5.41) is 41.8. The molecule has 0 spiro atoms. The second-order valence-electron chi connectivity index (χ2n) is 3.58. The predicted molar refractivity (Wildman–Crippen MR) is 83.8 cm³/mol. The summed E-state index contributed by atoms with van der Waals surface area (Å²) in [7, 11) is 0. The Bertz CT molecular complexity index is 519. The molecule has 0 aliphatic heterocycles. The Morgan fingerprint density at radius 2 is 0.625 bits per heavy atom. The van der Waals surface area contributed by atoms with Crippen LogP contribution in [-0.2, 0) is 0 Å². The molecule has 130 valence electrons. The van der Waals surface area contributed by atoms with Gasteiger partial charge in [0.2, 0.25) is 0 Å². The Labute approximate surface area is 136 Å². The molecule has 0 atom stereocenters. The third-order valence-corrected chi connectivity index (χ3v) is 1.88. The van der Waals surface area contributed by atoms with Crippen LogP contribution in [0.15, 0.2) is 60.7 Å². The van der Waals surface area contributed by atoms with Gasteiger partial charge >= 0.3 is 18.5 Å². The van der Waals surface area contributed by atoms with Gasteiger partial charge in [-0.15, -0.1) is 0 Å². The molecule has 2 aromatic carbocycles. The van der Waals surface area contributed by atoms with E-state index in [1.54, 1.807) is 0 Å². The molecule has 0 aliphatic carbocycles. The van der Waals surface area contributed by atoms with Crippen LogP contribution >= 0.6 is 0 Å². The lowest BCUT2D eigenvalue weighted by Gasteiger charge is -1.98. The van der Waals surface area contributed by atoms with E-state index >= 15 is 0 Å². The largest absolute Gasteiger partial charge is 0.503 e. The maximum absolute atomic E-state index is 8.56. The molecule has 9 nitrogen and oxygen atoms in total. The van der Waals surface area contributed by atoms with Crippen molar-refractivity contribution in [1.82, 2.24) is 0 Å². The zero-order chi connectivity index (χ0) is 19.0. The lowest BCUT2D eigenvalue weighted by molar-refractivity contribution is 0.135. The second kappa shape index (κ2) is 14.2. The van der Waals surface area contributed by atoms with Crippen molar-refractivity contribution in [3.05, 3.63) is 60.7 Å². The average Bonchev–Trinajstić information content (AvgIpc) is 2.47. The number of carboxylic acid groups (broad SMARTS) is 6. The molecule has 0 radical (unpaired) electrons. The molecule has 0 fully saturated rings. The first-order chi connectivity index (χ1) is 11.2. The zero-order valence-corrected chi connectivity index (χ0v) is 12.2. The molecular weight excluding hydrogens is 324 g/mol. The average molecular weight is 340 g/mol. The summed E-state index contributed by atoms with van der Waals surface area (Å²) < 4.78 is 0. The second-order valence-corrected chi connectivity index (χ2v) is 3.58. The Hall–Kier alpha value is -3.75. The molecule has 0 saturated heterocycles. The van der Waals surface area contributed by atoms with Gasteiger partial charge < -0.3 is 30.6 Å². The lowest BCUT2D eigenvalue weighted by Crippen LogP contribution is -1.81. The van der Waals surface area contributed by atoms with Crippen molar-refractivity contribution in [2.75, 3.05) is 0 Å². The van der Waals surface area contributed by atoms with E-state index in [4.69, 9.17) is 45.0 Å². The monoisotopic (exact) mass is 340 g/mol. The van der Waals surface area contributed by atoms with Gasteiger partial charge in [-0.25, -0.2) is 14.4 Å². The Kier molecular flexibility index (Phi) is 13.3. The number of rotatable bonds is 1. The summed E-state index contributed by atoms with van der Waals surface area (Å²) in [5.41, 5.74) is 2.55. The first-order valence-electron chi connectivity index (χ1n) is 6.03. The van der Waals surface area contributed by atoms with Gasteiger partial charge in [-0.2, -0.15) is 0 Å². The van der Waals surface area contributed by atoms with E-state index in [9.17, 15) is 0 Å². The van der Waals surface area contributed by atoms with Crippen LogP contribution in [0, 0.1) is 0 Å². The quantitative estimate of drug-likeness (QED) is 0.448. The van der Waals surface area contributed by atoms with E-state index in [0.717, 1.165) is 0 Å². The maximum atomic E-state index is 8.56. The number of benzene rings is 2. The molecular formula is C15H16O9. The fourth-order valence-corrected chi connectivity index (χ4v) is 1.26. The Morgan fingerprint density at radius 1 is 0.458 bits per heavy atom. The fraction of sp³-hybridized carbons (Fsp3) is 0. The van der Waals surface area contributed by atoms with Crippen LogP contribution in [0.3, 0.4) is 0 Å². The minimum absolute atomic E-state index is 1.28. The summed E-state index contributed by atoms with van der Waals surface area (Å²) >= 11 is 0. The highest BCUT2D eigenvalue weighted by molar-refractivity contribution is 5.62. The van der Waals surface area contributed by atoms with Crippen molar-refractivity contribution < 1.29 is 45.0 Å². The molecule has 2 aromatic rings.